The van der Waals surface area contributed by atoms with Crippen molar-refractivity contribution in [1.82, 2.24) is 14.8 Å². The maximum Gasteiger partial charge on any atom is 0.0544 e. The maximum absolute atomic E-state index is 4.44. The SMILES string of the molecule is CCN(CC)CCCN(CC)Cc1ccc(Br)cn1. The fourth-order valence-corrected chi connectivity index (χ4v) is 2.37. The van der Waals surface area contributed by atoms with E-state index in [1.54, 1.807) is 0 Å². The molecule has 3 nitrogen and oxygen atoms in total. The van der Waals surface area contributed by atoms with E-state index in [0.29, 0.717) is 0 Å². The fourth-order valence-electron chi connectivity index (χ4n) is 2.14. The summed E-state index contributed by atoms with van der Waals surface area (Å²) >= 11 is 3.42. The van der Waals surface area contributed by atoms with Gasteiger partial charge in [-0.25, -0.2) is 0 Å². The zero-order valence-corrected chi connectivity index (χ0v) is 14.0. The third-order valence-electron chi connectivity index (χ3n) is 3.46. The summed E-state index contributed by atoms with van der Waals surface area (Å²) in [5.74, 6) is 0. The van der Waals surface area contributed by atoms with Gasteiger partial charge in [-0.1, -0.05) is 20.8 Å². The lowest BCUT2D eigenvalue weighted by Gasteiger charge is -2.23. The first kappa shape index (κ1) is 16.6. The molecule has 0 bridgehead atoms. The molecule has 0 aliphatic heterocycles. The van der Waals surface area contributed by atoms with Crippen molar-refractivity contribution in [1.29, 1.82) is 0 Å². The highest BCUT2D eigenvalue weighted by Crippen LogP contribution is 2.09. The second-order valence-electron chi connectivity index (χ2n) is 4.72. The largest absolute Gasteiger partial charge is 0.304 e. The molecule has 0 amide bonds. The zero-order valence-electron chi connectivity index (χ0n) is 12.4. The lowest BCUT2D eigenvalue weighted by Crippen LogP contribution is -2.30. The van der Waals surface area contributed by atoms with Gasteiger partial charge in [0.25, 0.3) is 0 Å². The van der Waals surface area contributed by atoms with E-state index in [-0.39, 0.29) is 0 Å². The van der Waals surface area contributed by atoms with E-state index in [4.69, 9.17) is 0 Å². The maximum atomic E-state index is 4.44. The average molecular weight is 328 g/mol. The normalized spacial score (nSPS) is 11.5. The first-order chi connectivity index (χ1) is 9.19. The minimum Gasteiger partial charge on any atom is -0.304 e. The molecule has 4 heteroatoms. The van der Waals surface area contributed by atoms with Gasteiger partial charge in [0.2, 0.25) is 0 Å². The molecule has 0 radical (unpaired) electrons. The van der Waals surface area contributed by atoms with Gasteiger partial charge < -0.3 is 4.90 Å². The molecule has 0 N–H and O–H groups in total. The molecule has 0 saturated carbocycles. The first-order valence-electron chi connectivity index (χ1n) is 7.24. The highest BCUT2D eigenvalue weighted by atomic mass is 79.9. The number of rotatable bonds is 9. The topological polar surface area (TPSA) is 19.4 Å². The van der Waals surface area contributed by atoms with Gasteiger partial charge in [-0.3, -0.25) is 9.88 Å². The van der Waals surface area contributed by atoms with Gasteiger partial charge in [-0.2, -0.15) is 0 Å². The molecule has 0 atom stereocenters. The lowest BCUT2D eigenvalue weighted by molar-refractivity contribution is 0.237. The summed E-state index contributed by atoms with van der Waals surface area (Å²) in [5.41, 5.74) is 1.15. The van der Waals surface area contributed by atoms with Crippen molar-refractivity contribution in [3.8, 4) is 0 Å². The van der Waals surface area contributed by atoms with E-state index in [1.807, 2.05) is 6.20 Å². The van der Waals surface area contributed by atoms with Gasteiger partial charge in [0.05, 0.1) is 5.69 Å². The lowest BCUT2D eigenvalue weighted by atomic mass is 10.3. The molecular weight excluding hydrogens is 302 g/mol. The second-order valence-corrected chi connectivity index (χ2v) is 5.63. The third kappa shape index (κ3) is 6.50. The van der Waals surface area contributed by atoms with Crippen LogP contribution in [0.3, 0.4) is 0 Å². The molecule has 0 fully saturated rings. The van der Waals surface area contributed by atoms with Crippen LogP contribution in [-0.4, -0.2) is 47.5 Å². The summed E-state index contributed by atoms with van der Waals surface area (Å²) in [6, 6.07) is 4.16. The van der Waals surface area contributed by atoms with Gasteiger partial charge in [-0.05, 0) is 67.2 Å². The molecule has 1 rings (SSSR count). The van der Waals surface area contributed by atoms with Gasteiger partial charge in [0.1, 0.15) is 0 Å². The molecule has 0 unspecified atom stereocenters. The van der Waals surface area contributed by atoms with Crippen LogP contribution in [-0.2, 0) is 6.54 Å². The van der Waals surface area contributed by atoms with Crippen LogP contribution in [0, 0.1) is 0 Å². The van der Waals surface area contributed by atoms with Gasteiger partial charge in [-0.15, -0.1) is 0 Å². The van der Waals surface area contributed by atoms with Crippen molar-refractivity contribution in [2.75, 3.05) is 32.7 Å². The number of aromatic nitrogens is 1. The molecule has 0 spiro atoms. The van der Waals surface area contributed by atoms with E-state index in [9.17, 15) is 0 Å². The van der Waals surface area contributed by atoms with E-state index in [0.717, 1.165) is 42.9 Å². The highest BCUT2D eigenvalue weighted by Gasteiger charge is 2.06. The van der Waals surface area contributed by atoms with Crippen molar-refractivity contribution < 1.29 is 0 Å². The summed E-state index contributed by atoms with van der Waals surface area (Å²) < 4.78 is 1.04. The molecule has 0 saturated heterocycles. The minimum atomic E-state index is 0.946. The van der Waals surface area contributed by atoms with Crippen LogP contribution in [0.15, 0.2) is 22.8 Å². The van der Waals surface area contributed by atoms with E-state index < -0.39 is 0 Å². The van der Waals surface area contributed by atoms with Crippen molar-refractivity contribution >= 4 is 15.9 Å². The molecule has 108 valence electrons. The Bertz CT molecular complexity index is 336. The Kier molecular flexibility index (Phi) is 8.26. The Morgan fingerprint density at radius 3 is 2.16 bits per heavy atom. The Labute approximate surface area is 126 Å². The average Bonchev–Trinajstić information content (AvgIpc) is 2.44. The van der Waals surface area contributed by atoms with Crippen molar-refractivity contribution in [2.45, 2.75) is 33.7 Å². The number of hydrogen-bond acceptors (Lipinski definition) is 3. The number of pyridine rings is 1. The quantitative estimate of drug-likeness (QED) is 0.693. The molecule has 0 aromatic carbocycles. The van der Waals surface area contributed by atoms with Crippen LogP contribution >= 0.6 is 15.9 Å². The predicted molar refractivity (Wildman–Crippen MR) is 85.3 cm³/mol. The number of hydrogen-bond donors (Lipinski definition) is 0. The number of nitrogens with zero attached hydrogens (tertiary/aromatic N) is 3. The van der Waals surface area contributed by atoms with Crippen molar-refractivity contribution in [3.05, 3.63) is 28.5 Å². The summed E-state index contributed by atoms with van der Waals surface area (Å²) in [4.78, 5) is 9.38. The zero-order chi connectivity index (χ0) is 14.1. The first-order valence-corrected chi connectivity index (χ1v) is 8.04. The van der Waals surface area contributed by atoms with E-state index in [2.05, 4.69) is 63.6 Å². The van der Waals surface area contributed by atoms with Crippen LogP contribution in [0.4, 0.5) is 0 Å². The second kappa shape index (κ2) is 9.45. The van der Waals surface area contributed by atoms with Crippen LogP contribution < -0.4 is 0 Å². The Morgan fingerprint density at radius 2 is 1.63 bits per heavy atom. The summed E-state index contributed by atoms with van der Waals surface area (Å²) in [7, 11) is 0. The predicted octanol–water partition coefficient (Wildman–Crippen LogP) is 3.40. The third-order valence-corrected chi connectivity index (χ3v) is 3.93. The molecular formula is C15H26BrN3. The molecule has 1 heterocycles. The fraction of sp³-hybridized carbons (Fsp3) is 0.667. The Hall–Kier alpha value is -0.450. The molecule has 19 heavy (non-hydrogen) atoms. The molecule has 1 aromatic rings. The number of halogens is 1. The van der Waals surface area contributed by atoms with Gasteiger partial charge in [0, 0.05) is 17.2 Å². The molecule has 1 aromatic heterocycles. The highest BCUT2D eigenvalue weighted by molar-refractivity contribution is 9.10. The summed E-state index contributed by atoms with van der Waals surface area (Å²) in [6.07, 6.45) is 3.10. The van der Waals surface area contributed by atoms with Crippen molar-refractivity contribution in [3.63, 3.8) is 0 Å². The van der Waals surface area contributed by atoms with Crippen LogP contribution in [0.25, 0.3) is 0 Å². The van der Waals surface area contributed by atoms with Crippen LogP contribution in [0.1, 0.15) is 32.9 Å². The molecule has 0 aliphatic rings. The summed E-state index contributed by atoms with van der Waals surface area (Å²) in [5, 5.41) is 0. The molecule has 0 aliphatic carbocycles. The smallest absolute Gasteiger partial charge is 0.0544 e. The van der Waals surface area contributed by atoms with Crippen LogP contribution in [0.2, 0.25) is 0 Å². The van der Waals surface area contributed by atoms with E-state index in [1.165, 1.54) is 13.0 Å². The van der Waals surface area contributed by atoms with E-state index >= 15 is 0 Å². The Balaban J connectivity index is 2.35. The standard InChI is InChI=1S/C15H26BrN3/c1-4-18(5-2)10-7-11-19(6-3)13-15-9-8-14(16)12-17-15/h8-9,12H,4-7,10-11,13H2,1-3H3. The van der Waals surface area contributed by atoms with Crippen LogP contribution in [0.5, 0.6) is 0 Å². The summed E-state index contributed by atoms with van der Waals surface area (Å²) in [6.45, 7) is 13.3. The van der Waals surface area contributed by atoms with Gasteiger partial charge >= 0.3 is 0 Å². The van der Waals surface area contributed by atoms with Gasteiger partial charge in [0.15, 0.2) is 0 Å². The monoisotopic (exact) mass is 327 g/mol. The van der Waals surface area contributed by atoms with Crippen molar-refractivity contribution in [2.24, 2.45) is 0 Å². The minimum absolute atomic E-state index is 0.946. The Morgan fingerprint density at radius 1 is 1.00 bits per heavy atom.